The van der Waals surface area contributed by atoms with Crippen molar-refractivity contribution in [3.63, 3.8) is 0 Å². The monoisotopic (exact) mass is 289 g/mol. The van der Waals surface area contributed by atoms with Crippen molar-refractivity contribution in [3.05, 3.63) is 11.4 Å². The van der Waals surface area contributed by atoms with E-state index in [1.54, 1.807) is 5.38 Å². The normalized spacial score (nSPS) is 18.9. The molecule has 2 heterocycles. The average Bonchev–Trinajstić information content (AvgIpc) is 2.76. The van der Waals surface area contributed by atoms with Crippen LogP contribution in [0.4, 0.5) is 5.69 Å². The number of nitrogen functional groups attached to an aromatic ring is 1. The molecule has 1 amide bonds. The van der Waals surface area contributed by atoms with Crippen LogP contribution in [0.5, 0.6) is 0 Å². The lowest BCUT2D eigenvalue weighted by molar-refractivity contribution is -0.122. The molecule has 1 saturated heterocycles. The maximum absolute atomic E-state index is 12.2. The van der Waals surface area contributed by atoms with E-state index in [4.69, 9.17) is 11.5 Å². The summed E-state index contributed by atoms with van der Waals surface area (Å²) in [7, 11) is -3.47. The first-order valence-corrected chi connectivity index (χ1v) is 7.86. The van der Waals surface area contributed by atoms with E-state index in [2.05, 4.69) is 0 Å². The zero-order valence-electron chi connectivity index (χ0n) is 9.70. The van der Waals surface area contributed by atoms with E-state index in [-0.39, 0.29) is 16.0 Å². The molecule has 1 aliphatic heterocycles. The van der Waals surface area contributed by atoms with E-state index in [0.717, 1.165) is 11.3 Å². The fraction of sp³-hybridized carbons (Fsp3) is 0.500. The van der Waals surface area contributed by atoms with Gasteiger partial charge in [-0.1, -0.05) is 0 Å². The van der Waals surface area contributed by atoms with Crippen LogP contribution in [-0.2, 0) is 14.8 Å². The third-order valence-corrected chi connectivity index (χ3v) is 6.38. The van der Waals surface area contributed by atoms with Crippen molar-refractivity contribution in [1.29, 1.82) is 0 Å². The van der Waals surface area contributed by atoms with Gasteiger partial charge in [0.1, 0.15) is 4.21 Å². The average molecular weight is 289 g/mol. The molecule has 2 rings (SSSR count). The molecule has 4 N–H and O–H groups in total. The number of anilines is 1. The van der Waals surface area contributed by atoms with E-state index in [9.17, 15) is 13.2 Å². The van der Waals surface area contributed by atoms with Crippen LogP contribution in [-0.4, -0.2) is 31.7 Å². The van der Waals surface area contributed by atoms with Crippen LogP contribution in [0.25, 0.3) is 0 Å². The number of nitrogens with zero attached hydrogens (tertiary/aromatic N) is 1. The van der Waals surface area contributed by atoms with Gasteiger partial charge in [-0.3, -0.25) is 4.79 Å². The Morgan fingerprint density at radius 3 is 2.44 bits per heavy atom. The fourth-order valence-electron chi connectivity index (χ4n) is 1.97. The standard InChI is InChI=1S/C10H15N3O3S2/c11-8-5-9(17-6-8)18(15,16)13-3-1-7(2-4-13)10(12)14/h5-7H,1-4,11H2,(H2,12,14). The summed E-state index contributed by atoms with van der Waals surface area (Å²) in [6.45, 7) is 0.654. The Morgan fingerprint density at radius 2 is 2.00 bits per heavy atom. The van der Waals surface area contributed by atoms with Crippen molar-refractivity contribution in [2.45, 2.75) is 17.1 Å². The molecular weight excluding hydrogens is 274 g/mol. The first kappa shape index (κ1) is 13.3. The first-order valence-electron chi connectivity index (χ1n) is 5.54. The molecular formula is C10H15N3O3S2. The van der Waals surface area contributed by atoms with Gasteiger partial charge in [-0.05, 0) is 18.9 Å². The van der Waals surface area contributed by atoms with Crippen LogP contribution >= 0.6 is 11.3 Å². The minimum absolute atomic E-state index is 0.218. The zero-order chi connectivity index (χ0) is 13.3. The summed E-state index contributed by atoms with van der Waals surface area (Å²) in [4.78, 5) is 11.0. The quantitative estimate of drug-likeness (QED) is 0.829. The lowest BCUT2D eigenvalue weighted by Crippen LogP contribution is -2.41. The molecule has 1 aromatic rings. The smallest absolute Gasteiger partial charge is 0.252 e. The number of primary amides is 1. The second-order valence-corrected chi connectivity index (χ2v) is 7.36. The number of sulfonamides is 1. The summed E-state index contributed by atoms with van der Waals surface area (Å²) in [6.07, 6.45) is 0.963. The number of hydrogen-bond acceptors (Lipinski definition) is 5. The molecule has 18 heavy (non-hydrogen) atoms. The molecule has 0 saturated carbocycles. The second-order valence-electron chi connectivity index (χ2n) is 4.28. The third kappa shape index (κ3) is 2.50. The summed E-state index contributed by atoms with van der Waals surface area (Å²) in [5, 5.41) is 1.60. The number of nitrogens with two attached hydrogens (primary N) is 2. The highest BCUT2D eigenvalue weighted by Crippen LogP contribution is 2.28. The maximum atomic E-state index is 12.2. The molecule has 0 aliphatic carbocycles. The highest BCUT2D eigenvalue weighted by molar-refractivity contribution is 7.91. The van der Waals surface area contributed by atoms with Gasteiger partial charge in [0, 0.05) is 30.1 Å². The number of carbonyl (C=O) groups excluding carboxylic acids is 1. The summed E-state index contributed by atoms with van der Waals surface area (Å²) in [6, 6.07) is 1.46. The zero-order valence-corrected chi connectivity index (χ0v) is 11.3. The molecule has 0 spiro atoms. The summed E-state index contributed by atoms with van der Waals surface area (Å²) in [5.74, 6) is -0.572. The Hall–Kier alpha value is -1.12. The Kier molecular flexibility index (Phi) is 3.60. The largest absolute Gasteiger partial charge is 0.398 e. The number of thiophene rings is 1. The van der Waals surface area contributed by atoms with Crippen molar-refractivity contribution in [2.75, 3.05) is 18.8 Å². The molecule has 8 heteroatoms. The van der Waals surface area contributed by atoms with Gasteiger partial charge >= 0.3 is 0 Å². The van der Waals surface area contributed by atoms with Gasteiger partial charge in [0.05, 0.1) is 0 Å². The maximum Gasteiger partial charge on any atom is 0.252 e. The van der Waals surface area contributed by atoms with Crippen molar-refractivity contribution in [2.24, 2.45) is 11.7 Å². The SMILES string of the molecule is NC(=O)C1CCN(S(=O)(=O)c2cc(N)cs2)CC1. The summed E-state index contributed by atoms with van der Waals surface area (Å²) < 4.78 is 26.1. The molecule has 0 bridgehead atoms. The van der Waals surface area contributed by atoms with Gasteiger partial charge in [0.15, 0.2) is 0 Å². The van der Waals surface area contributed by atoms with E-state index in [1.807, 2.05) is 0 Å². The summed E-state index contributed by atoms with van der Waals surface area (Å²) in [5.41, 5.74) is 11.2. The van der Waals surface area contributed by atoms with E-state index in [0.29, 0.717) is 31.6 Å². The lowest BCUT2D eigenvalue weighted by atomic mass is 9.98. The van der Waals surface area contributed by atoms with Gasteiger partial charge < -0.3 is 11.5 Å². The number of piperidine rings is 1. The highest BCUT2D eigenvalue weighted by Gasteiger charge is 2.31. The van der Waals surface area contributed by atoms with Crippen LogP contribution in [0.2, 0.25) is 0 Å². The molecule has 0 radical (unpaired) electrons. The third-order valence-electron chi connectivity index (χ3n) is 3.05. The molecule has 0 unspecified atom stereocenters. The number of rotatable bonds is 3. The molecule has 0 aromatic carbocycles. The Labute approximate surface area is 110 Å². The van der Waals surface area contributed by atoms with Crippen molar-refractivity contribution in [3.8, 4) is 0 Å². The van der Waals surface area contributed by atoms with E-state index in [1.165, 1.54) is 10.4 Å². The number of hydrogen-bond donors (Lipinski definition) is 2. The molecule has 0 atom stereocenters. The Bertz CT molecular complexity index is 544. The highest BCUT2D eigenvalue weighted by atomic mass is 32.2. The van der Waals surface area contributed by atoms with E-state index < -0.39 is 10.0 Å². The predicted octanol–water partition coefficient (Wildman–Crippen LogP) is 0.216. The molecule has 1 fully saturated rings. The second kappa shape index (κ2) is 4.87. The molecule has 1 aromatic heterocycles. The van der Waals surface area contributed by atoms with Crippen LogP contribution in [0.1, 0.15) is 12.8 Å². The Balaban J connectivity index is 2.12. The van der Waals surface area contributed by atoms with Crippen LogP contribution in [0.3, 0.4) is 0 Å². The summed E-state index contributed by atoms with van der Waals surface area (Å²) >= 11 is 1.11. The van der Waals surface area contributed by atoms with Crippen LogP contribution < -0.4 is 11.5 Å². The van der Waals surface area contributed by atoms with E-state index >= 15 is 0 Å². The van der Waals surface area contributed by atoms with Crippen LogP contribution in [0, 0.1) is 5.92 Å². The topological polar surface area (TPSA) is 106 Å². The van der Waals surface area contributed by atoms with Gasteiger partial charge in [-0.15, -0.1) is 11.3 Å². The minimum atomic E-state index is -3.47. The van der Waals surface area contributed by atoms with Gasteiger partial charge in [0.25, 0.3) is 10.0 Å². The number of carbonyl (C=O) groups is 1. The van der Waals surface area contributed by atoms with Crippen molar-refractivity contribution in [1.82, 2.24) is 4.31 Å². The molecule has 6 nitrogen and oxygen atoms in total. The van der Waals surface area contributed by atoms with Gasteiger partial charge in [0.2, 0.25) is 5.91 Å². The Morgan fingerprint density at radius 1 is 1.39 bits per heavy atom. The lowest BCUT2D eigenvalue weighted by Gasteiger charge is -2.29. The predicted molar refractivity (Wildman–Crippen MR) is 69.4 cm³/mol. The van der Waals surface area contributed by atoms with Gasteiger partial charge in [-0.25, -0.2) is 8.42 Å². The van der Waals surface area contributed by atoms with Crippen molar-refractivity contribution < 1.29 is 13.2 Å². The first-order chi connectivity index (χ1) is 8.41. The molecule has 100 valence electrons. The molecule has 1 aliphatic rings. The van der Waals surface area contributed by atoms with Crippen molar-refractivity contribution >= 4 is 33.0 Å². The van der Waals surface area contributed by atoms with Gasteiger partial charge in [-0.2, -0.15) is 4.31 Å². The fourth-order valence-corrected chi connectivity index (χ4v) is 4.68. The number of amides is 1. The minimum Gasteiger partial charge on any atom is -0.398 e. The van der Waals surface area contributed by atoms with Crippen LogP contribution in [0.15, 0.2) is 15.7 Å².